The highest BCUT2D eigenvalue weighted by atomic mass is 16.5. The molecule has 4 aromatic rings. The second kappa shape index (κ2) is 11.0. The summed E-state index contributed by atoms with van der Waals surface area (Å²) in [6.45, 7) is 13.5. The quantitative estimate of drug-likeness (QED) is 0.306. The molecule has 0 heterocycles. The van der Waals surface area contributed by atoms with E-state index in [4.69, 9.17) is 9.47 Å². The van der Waals surface area contributed by atoms with Crippen LogP contribution in [0.3, 0.4) is 0 Å². The van der Waals surface area contributed by atoms with E-state index in [2.05, 4.69) is 95.3 Å². The number of ether oxygens (including phenoxy) is 2. The Morgan fingerprint density at radius 1 is 0.625 bits per heavy atom. The Hall–Kier alpha value is -3.00. The summed E-state index contributed by atoms with van der Waals surface area (Å²) in [5.74, 6) is 2.52. The summed E-state index contributed by atoms with van der Waals surface area (Å²) in [5.41, 5.74) is 2.77. The minimum Gasteiger partial charge on any atom is -0.493 e. The van der Waals surface area contributed by atoms with Crippen molar-refractivity contribution in [3.8, 4) is 11.5 Å². The van der Waals surface area contributed by atoms with Crippen LogP contribution in [0.25, 0.3) is 21.5 Å². The molecule has 0 amide bonds. The largest absolute Gasteiger partial charge is 0.493 e. The molecule has 32 heavy (non-hydrogen) atoms. The number of hydrogen-bond acceptors (Lipinski definition) is 2. The lowest BCUT2D eigenvalue weighted by Crippen LogP contribution is -2.05. The lowest BCUT2D eigenvalue weighted by molar-refractivity contribution is 0.245. The van der Waals surface area contributed by atoms with Crippen molar-refractivity contribution in [1.29, 1.82) is 0 Å². The average Bonchev–Trinajstić information content (AvgIpc) is 2.79. The molecule has 0 saturated heterocycles. The van der Waals surface area contributed by atoms with Gasteiger partial charge in [-0.25, -0.2) is 0 Å². The molecule has 0 aromatic heterocycles. The molecule has 168 valence electrons. The van der Waals surface area contributed by atoms with Crippen LogP contribution in [0.4, 0.5) is 0 Å². The SMILES string of the molecule is CCOc1cccc2c(C(C)C)cccc12.CCc1cccc2c(OC(C)C)cccc12. The van der Waals surface area contributed by atoms with Crippen LogP contribution in [-0.2, 0) is 6.42 Å². The van der Waals surface area contributed by atoms with Crippen LogP contribution in [0.2, 0.25) is 0 Å². The lowest BCUT2D eigenvalue weighted by Gasteiger charge is -2.13. The van der Waals surface area contributed by atoms with Crippen molar-refractivity contribution in [3.05, 3.63) is 83.9 Å². The smallest absolute Gasteiger partial charge is 0.127 e. The molecule has 2 heteroatoms. The molecule has 0 spiro atoms. The monoisotopic (exact) mass is 428 g/mol. The van der Waals surface area contributed by atoms with Crippen molar-refractivity contribution in [2.24, 2.45) is 0 Å². The Balaban J connectivity index is 0.000000181. The molecule has 0 radical (unpaired) electrons. The summed E-state index contributed by atoms with van der Waals surface area (Å²) in [6.07, 6.45) is 1.28. The Labute approximate surface area is 193 Å². The van der Waals surface area contributed by atoms with Crippen molar-refractivity contribution in [3.63, 3.8) is 0 Å². The number of benzene rings is 4. The van der Waals surface area contributed by atoms with E-state index in [9.17, 15) is 0 Å². The van der Waals surface area contributed by atoms with Gasteiger partial charge in [-0.1, -0.05) is 81.4 Å². The Bertz CT molecular complexity index is 1160. The van der Waals surface area contributed by atoms with Gasteiger partial charge in [0.25, 0.3) is 0 Å². The normalized spacial score (nSPS) is 11.0. The number of rotatable bonds is 6. The Kier molecular flexibility index (Phi) is 8.16. The molecule has 0 N–H and O–H groups in total. The summed E-state index contributed by atoms with van der Waals surface area (Å²) < 4.78 is 11.5. The highest BCUT2D eigenvalue weighted by molar-refractivity contribution is 5.92. The van der Waals surface area contributed by atoms with Gasteiger partial charge in [0, 0.05) is 10.8 Å². The van der Waals surface area contributed by atoms with E-state index in [1.165, 1.54) is 32.7 Å². The van der Waals surface area contributed by atoms with Crippen LogP contribution >= 0.6 is 0 Å². The predicted octanol–water partition coefficient (Wildman–Crippen LogP) is 8.55. The van der Waals surface area contributed by atoms with Crippen molar-refractivity contribution < 1.29 is 9.47 Å². The van der Waals surface area contributed by atoms with Crippen LogP contribution in [-0.4, -0.2) is 12.7 Å². The first-order valence-corrected chi connectivity index (χ1v) is 11.8. The molecular formula is C30H36O2. The maximum absolute atomic E-state index is 5.83. The molecule has 0 unspecified atom stereocenters. The van der Waals surface area contributed by atoms with E-state index < -0.39 is 0 Å². The third-order valence-corrected chi connectivity index (χ3v) is 5.55. The third-order valence-electron chi connectivity index (χ3n) is 5.55. The fraction of sp³-hybridized carbons (Fsp3) is 0.333. The van der Waals surface area contributed by atoms with E-state index in [-0.39, 0.29) is 6.10 Å². The fourth-order valence-corrected chi connectivity index (χ4v) is 4.10. The van der Waals surface area contributed by atoms with Gasteiger partial charge in [-0.05, 0) is 67.1 Å². The van der Waals surface area contributed by atoms with Gasteiger partial charge in [0.15, 0.2) is 0 Å². The highest BCUT2D eigenvalue weighted by Gasteiger charge is 2.08. The Morgan fingerprint density at radius 3 is 1.81 bits per heavy atom. The van der Waals surface area contributed by atoms with Crippen LogP contribution in [0, 0.1) is 0 Å². The molecule has 4 aromatic carbocycles. The van der Waals surface area contributed by atoms with Gasteiger partial charge < -0.3 is 9.47 Å². The summed E-state index contributed by atoms with van der Waals surface area (Å²) in [6, 6.07) is 25.4. The molecule has 4 rings (SSSR count). The molecule has 0 aliphatic heterocycles. The van der Waals surface area contributed by atoms with E-state index >= 15 is 0 Å². The van der Waals surface area contributed by atoms with Gasteiger partial charge in [0.05, 0.1) is 12.7 Å². The Morgan fingerprint density at radius 2 is 1.19 bits per heavy atom. The van der Waals surface area contributed by atoms with Gasteiger partial charge in [0.2, 0.25) is 0 Å². The van der Waals surface area contributed by atoms with E-state index in [0.717, 1.165) is 17.9 Å². The number of aryl methyl sites for hydroxylation is 1. The van der Waals surface area contributed by atoms with E-state index in [0.29, 0.717) is 12.5 Å². The van der Waals surface area contributed by atoms with E-state index in [1.54, 1.807) is 0 Å². The third kappa shape index (κ3) is 5.43. The first kappa shape index (κ1) is 23.7. The van der Waals surface area contributed by atoms with Gasteiger partial charge in [0.1, 0.15) is 11.5 Å². The second-order valence-corrected chi connectivity index (χ2v) is 8.57. The van der Waals surface area contributed by atoms with Crippen molar-refractivity contribution in [2.45, 2.75) is 60.0 Å². The summed E-state index contributed by atoms with van der Waals surface area (Å²) >= 11 is 0. The van der Waals surface area contributed by atoms with Crippen molar-refractivity contribution >= 4 is 21.5 Å². The number of hydrogen-bond donors (Lipinski definition) is 0. The fourth-order valence-electron chi connectivity index (χ4n) is 4.10. The minimum absolute atomic E-state index is 0.218. The first-order chi connectivity index (χ1) is 15.5. The zero-order valence-electron chi connectivity index (χ0n) is 20.3. The molecule has 0 bridgehead atoms. The lowest BCUT2D eigenvalue weighted by atomic mass is 9.96. The zero-order valence-corrected chi connectivity index (χ0v) is 20.3. The van der Waals surface area contributed by atoms with Crippen LogP contribution in [0.15, 0.2) is 72.8 Å². The molecular weight excluding hydrogens is 392 g/mol. The summed E-state index contributed by atoms with van der Waals surface area (Å²) in [7, 11) is 0. The molecule has 0 atom stereocenters. The standard InChI is InChI=1S/2C15H18O/c1-4-16-15-10-6-8-13-12(11(2)3)7-5-9-14(13)15;1-4-12-7-5-9-14-13(12)8-6-10-15(14)16-11(2)3/h2*5-11H,4H2,1-3H3. The van der Waals surface area contributed by atoms with Gasteiger partial charge in [-0.2, -0.15) is 0 Å². The molecule has 0 aliphatic carbocycles. The predicted molar refractivity (Wildman–Crippen MR) is 138 cm³/mol. The summed E-state index contributed by atoms with van der Waals surface area (Å²) in [5, 5.41) is 5.05. The van der Waals surface area contributed by atoms with Gasteiger partial charge >= 0.3 is 0 Å². The van der Waals surface area contributed by atoms with Crippen LogP contribution in [0.5, 0.6) is 11.5 Å². The summed E-state index contributed by atoms with van der Waals surface area (Å²) in [4.78, 5) is 0. The first-order valence-electron chi connectivity index (χ1n) is 11.8. The van der Waals surface area contributed by atoms with E-state index in [1.807, 2.05) is 19.1 Å². The minimum atomic E-state index is 0.218. The maximum Gasteiger partial charge on any atom is 0.127 e. The van der Waals surface area contributed by atoms with Crippen LogP contribution in [0.1, 0.15) is 58.6 Å². The van der Waals surface area contributed by atoms with Gasteiger partial charge in [-0.3, -0.25) is 0 Å². The highest BCUT2D eigenvalue weighted by Crippen LogP contribution is 2.31. The number of fused-ring (bicyclic) bond motifs is 2. The van der Waals surface area contributed by atoms with Crippen LogP contribution < -0.4 is 9.47 Å². The zero-order chi connectivity index (χ0) is 23.1. The molecule has 0 fully saturated rings. The average molecular weight is 429 g/mol. The van der Waals surface area contributed by atoms with Gasteiger partial charge in [-0.15, -0.1) is 0 Å². The molecule has 2 nitrogen and oxygen atoms in total. The van der Waals surface area contributed by atoms with Crippen molar-refractivity contribution in [2.75, 3.05) is 6.61 Å². The maximum atomic E-state index is 5.83. The second-order valence-electron chi connectivity index (χ2n) is 8.57. The molecule has 0 saturated carbocycles. The molecule has 0 aliphatic rings. The van der Waals surface area contributed by atoms with Crippen molar-refractivity contribution in [1.82, 2.24) is 0 Å². The topological polar surface area (TPSA) is 18.5 Å².